The maximum Gasteiger partial charge on any atom is 0.302 e. The maximum absolute atomic E-state index is 12.4. The molecule has 5 rings (SSSR count). The van der Waals surface area contributed by atoms with Gasteiger partial charge in [0.1, 0.15) is 11.9 Å². The number of rotatable bonds is 5. The second kappa shape index (κ2) is 8.86. The molecule has 0 amide bonds. The van der Waals surface area contributed by atoms with Gasteiger partial charge in [0, 0.05) is 19.3 Å². The summed E-state index contributed by atoms with van der Waals surface area (Å²) in [5.41, 5.74) is 0.486. The number of aliphatic hydroxyl groups excluding tert-OH is 1. The molecule has 11 atom stereocenters. The molecule has 0 unspecified atom stereocenters. The summed E-state index contributed by atoms with van der Waals surface area (Å²) in [6, 6.07) is 0. The monoisotopic (exact) mass is 472 g/mol. The van der Waals surface area contributed by atoms with Gasteiger partial charge in [0.25, 0.3) is 0 Å². The molecule has 1 heterocycles. The zero-order valence-electron chi connectivity index (χ0n) is 21.7. The Morgan fingerprint density at radius 3 is 2.56 bits per heavy atom. The number of esters is 1. The molecule has 1 aromatic heterocycles. The summed E-state index contributed by atoms with van der Waals surface area (Å²) in [6.07, 6.45) is 9.46. The minimum absolute atomic E-state index is 0.0203. The van der Waals surface area contributed by atoms with Crippen LogP contribution in [0.1, 0.15) is 91.8 Å². The van der Waals surface area contributed by atoms with Gasteiger partial charge in [-0.1, -0.05) is 27.7 Å². The molecule has 0 saturated heterocycles. The molecule has 4 fully saturated rings. The Bertz CT molecular complexity index is 877. The van der Waals surface area contributed by atoms with Crippen LogP contribution in [0, 0.1) is 52.3 Å². The van der Waals surface area contributed by atoms with E-state index in [1.807, 2.05) is 0 Å². The zero-order chi connectivity index (χ0) is 24.3. The average Bonchev–Trinajstić information content (AvgIpc) is 3.41. The molecule has 0 spiro atoms. The number of hydrogen-bond donors (Lipinski definition) is 2. The first-order chi connectivity index (χ1) is 16.2. The third-order valence-corrected chi connectivity index (χ3v) is 11.3. The molecule has 1 aromatic rings. The average molecular weight is 473 g/mol. The lowest BCUT2D eigenvalue weighted by atomic mass is 9.41. The number of carbonyl (C=O) groups is 1. The highest BCUT2D eigenvalue weighted by Gasteiger charge is 2.65. The molecule has 190 valence electrons. The molecule has 0 bridgehead atoms. The predicted molar refractivity (Wildman–Crippen MR) is 128 cm³/mol. The lowest BCUT2D eigenvalue weighted by molar-refractivity contribution is -0.217. The fraction of sp³-hybridized carbons (Fsp3) is 0.926. The van der Waals surface area contributed by atoms with Crippen molar-refractivity contribution in [2.24, 2.45) is 52.3 Å². The van der Waals surface area contributed by atoms with E-state index in [1.54, 1.807) is 6.92 Å². The SMILES string of the molecule is CC[C@H]1[C@@H](OC(C)=O)[C@@H]2[C@H](CC[C@]3(C)[C@@H]([C@H](C)Cc4nnn[nH]4)CC[C@@H]23)[C@@]2(C)CC[C@@H](O)C[C@@H]12. The predicted octanol–water partition coefficient (Wildman–Crippen LogP) is 4.58. The van der Waals surface area contributed by atoms with Crippen molar-refractivity contribution in [1.29, 1.82) is 0 Å². The molecular weight excluding hydrogens is 428 g/mol. The van der Waals surface area contributed by atoms with E-state index in [-0.39, 0.29) is 29.0 Å². The van der Waals surface area contributed by atoms with Gasteiger partial charge < -0.3 is 9.84 Å². The fourth-order valence-corrected chi connectivity index (χ4v) is 9.97. The van der Waals surface area contributed by atoms with Crippen molar-refractivity contribution in [3.8, 4) is 0 Å². The minimum Gasteiger partial charge on any atom is -0.462 e. The van der Waals surface area contributed by atoms with Crippen LogP contribution in [-0.2, 0) is 16.0 Å². The summed E-state index contributed by atoms with van der Waals surface area (Å²) in [7, 11) is 0. The Morgan fingerprint density at radius 2 is 1.88 bits per heavy atom. The number of tetrazole rings is 1. The molecule has 2 N–H and O–H groups in total. The van der Waals surface area contributed by atoms with Gasteiger partial charge in [0.05, 0.1) is 6.10 Å². The van der Waals surface area contributed by atoms with E-state index < -0.39 is 0 Å². The summed E-state index contributed by atoms with van der Waals surface area (Å²) in [5.74, 6) is 4.22. The molecule has 4 aliphatic rings. The number of aromatic amines is 1. The van der Waals surface area contributed by atoms with E-state index >= 15 is 0 Å². The lowest BCUT2D eigenvalue weighted by Crippen LogP contribution is -2.63. The fourth-order valence-electron chi connectivity index (χ4n) is 9.97. The van der Waals surface area contributed by atoms with Crippen LogP contribution in [0.25, 0.3) is 0 Å². The van der Waals surface area contributed by atoms with Crippen LogP contribution in [-0.4, -0.2) is 43.9 Å². The van der Waals surface area contributed by atoms with Gasteiger partial charge >= 0.3 is 5.97 Å². The van der Waals surface area contributed by atoms with Gasteiger partial charge in [-0.25, -0.2) is 5.10 Å². The first-order valence-electron chi connectivity index (χ1n) is 13.8. The van der Waals surface area contributed by atoms with Crippen LogP contribution in [0.3, 0.4) is 0 Å². The number of fused-ring (bicyclic) bond motifs is 5. The first kappa shape index (κ1) is 24.2. The highest BCUT2D eigenvalue weighted by molar-refractivity contribution is 5.66. The Hall–Kier alpha value is -1.50. The minimum atomic E-state index is -0.210. The number of nitrogens with one attached hydrogen (secondary N) is 1. The molecule has 0 aliphatic heterocycles. The van der Waals surface area contributed by atoms with E-state index in [1.165, 1.54) is 25.7 Å². The van der Waals surface area contributed by atoms with Crippen LogP contribution in [0.5, 0.6) is 0 Å². The molecule has 7 heteroatoms. The van der Waals surface area contributed by atoms with Gasteiger partial charge in [0.15, 0.2) is 0 Å². The number of hydrogen-bond acceptors (Lipinski definition) is 6. The topological polar surface area (TPSA) is 101 Å². The van der Waals surface area contributed by atoms with Gasteiger partial charge in [0.2, 0.25) is 0 Å². The van der Waals surface area contributed by atoms with Gasteiger partial charge in [-0.15, -0.1) is 5.10 Å². The number of ether oxygens (including phenoxy) is 1. The van der Waals surface area contributed by atoms with Gasteiger partial charge in [-0.05, 0) is 108 Å². The third kappa shape index (κ3) is 3.72. The summed E-state index contributed by atoms with van der Waals surface area (Å²) < 4.78 is 6.28. The summed E-state index contributed by atoms with van der Waals surface area (Å²) in [5, 5.41) is 25.3. The van der Waals surface area contributed by atoms with E-state index in [9.17, 15) is 9.90 Å². The second-order valence-corrected chi connectivity index (χ2v) is 12.7. The number of carbonyl (C=O) groups excluding carboxylic acids is 1. The normalized spacial score (nSPS) is 46.8. The maximum atomic E-state index is 12.4. The van der Waals surface area contributed by atoms with E-state index in [4.69, 9.17) is 4.74 Å². The Labute approximate surface area is 204 Å². The van der Waals surface area contributed by atoms with Crippen molar-refractivity contribution < 1.29 is 14.6 Å². The molecule has 0 aromatic carbocycles. The zero-order valence-corrected chi connectivity index (χ0v) is 21.7. The second-order valence-electron chi connectivity index (χ2n) is 12.7. The van der Waals surface area contributed by atoms with Crippen LogP contribution >= 0.6 is 0 Å². The summed E-state index contributed by atoms with van der Waals surface area (Å²) in [6.45, 7) is 11.3. The van der Waals surface area contributed by atoms with E-state index in [0.717, 1.165) is 37.9 Å². The summed E-state index contributed by atoms with van der Waals surface area (Å²) >= 11 is 0. The Balaban J connectivity index is 1.49. The molecule has 4 aliphatic carbocycles. The van der Waals surface area contributed by atoms with Crippen molar-refractivity contribution in [3.63, 3.8) is 0 Å². The number of H-pyrrole nitrogens is 1. The smallest absolute Gasteiger partial charge is 0.302 e. The van der Waals surface area contributed by atoms with Crippen LogP contribution in [0.4, 0.5) is 0 Å². The van der Waals surface area contributed by atoms with Crippen LogP contribution in [0.2, 0.25) is 0 Å². The van der Waals surface area contributed by atoms with Gasteiger partial charge in [-0.2, -0.15) is 0 Å². The molecule has 7 nitrogen and oxygen atoms in total. The highest BCUT2D eigenvalue weighted by Crippen LogP contribution is 2.69. The number of aliphatic hydroxyl groups is 1. The van der Waals surface area contributed by atoms with Crippen molar-refractivity contribution in [3.05, 3.63) is 5.82 Å². The Morgan fingerprint density at radius 1 is 1.15 bits per heavy atom. The third-order valence-electron chi connectivity index (χ3n) is 11.3. The number of aromatic nitrogens is 4. The van der Waals surface area contributed by atoms with Crippen molar-refractivity contribution in [1.82, 2.24) is 20.6 Å². The Kier molecular flexibility index (Phi) is 6.31. The highest BCUT2D eigenvalue weighted by atomic mass is 16.5. The lowest BCUT2D eigenvalue weighted by Gasteiger charge is -2.65. The molecule has 0 radical (unpaired) electrons. The molecule has 4 saturated carbocycles. The summed E-state index contributed by atoms with van der Waals surface area (Å²) in [4.78, 5) is 12.4. The van der Waals surface area contributed by atoms with E-state index in [2.05, 4.69) is 48.3 Å². The van der Waals surface area contributed by atoms with Gasteiger partial charge in [-0.3, -0.25) is 4.79 Å². The van der Waals surface area contributed by atoms with Crippen molar-refractivity contribution in [2.45, 2.75) is 105 Å². The number of nitrogens with zero attached hydrogens (tertiary/aromatic N) is 3. The molecular formula is C27H44N4O3. The van der Waals surface area contributed by atoms with E-state index in [0.29, 0.717) is 41.4 Å². The largest absolute Gasteiger partial charge is 0.462 e. The quantitative estimate of drug-likeness (QED) is 0.609. The molecule has 34 heavy (non-hydrogen) atoms. The van der Waals surface area contributed by atoms with Crippen LogP contribution < -0.4 is 0 Å². The first-order valence-corrected chi connectivity index (χ1v) is 13.8. The standard InChI is InChI=1S/C27H44N4O3/c1-6-18-22-14-17(33)9-11-27(22,5)21-10-12-26(4)19(15(2)13-23-28-30-31-29-23)7-8-20(26)24(21)25(18)34-16(3)32/h15,17-22,24-25,33H,6-14H2,1-5H3,(H,28,29,30,31)/t15-,17-,18-,19-,20+,21+,22+,24+,25-,26-,27-/m1/s1. The van der Waals surface area contributed by atoms with Crippen LogP contribution in [0.15, 0.2) is 0 Å². The van der Waals surface area contributed by atoms with Crippen molar-refractivity contribution >= 4 is 5.97 Å². The van der Waals surface area contributed by atoms with Crippen molar-refractivity contribution in [2.75, 3.05) is 0 Å².